The molecule has 0 unspecified atom stereocenters. The van der Waals surface area contributed by atoms with E-state index in [9.17, 15) is 0 Å². The van der Waals surface area contributed by atoms with Gasteiger partial charge in [-0.25, -0.2) is 0 Å². The van der Waals surface area contributed by atoms with Crippen LogP contribution in [0.25, 0.3) is 0 Å². The third-order valence-electron chi connectivity index (χ3n) is 2.11. The third kappa shape index (κ3) is 2.77. The fourth-order valence-corrected chi connectivity index (χ4v) is 1.50. The predicted octanol–water partition coefficient (Wildman–Crippen LogP) is 3.09. The fraction of sp³-hybridized carbons (Fsp3) is 0.167. The fourth-order valence-electron chi connectivity index (χ4n) is 1.34. The zero-order valence-electron chi connectivity index (χ0n) is 9.11. The molecule has 0 aliphatic heterocycles. The Morgan fingerprint density at radius 3 is 2.94 bits per heavy atom. The van der Waals surface area contributed by atoms with Gasteiger partial charge >= 0.3 is 0 Å². The number of nitriles is 1. The van der Waals surface area contributed by atoms with Gasteiger partial charge in [0.05, 0.1) is 11.3 Å². The molecule has 0 radical (unpaired) electrons. The van der Waals surface area contributed by atoms with E-state index in [2.05, 4.69) is 5.16 Å². The molecule has 17 heavy (non-hydrogen) atoms. The van der Waals surface area contributed by atoms with Crippen LogP contribution in [0.2, 0.25) is 5.02 Å². The van der Waals surface area contributed by atoms with Crippen LogP contribution in [-0.4, -0.2) is 5.16 Å². The maximum absolute atomic E-state index is 8.90. The minimum atomic E-state index is 0.218. The van der Waals surface area contributed by atoms with Gasteiger partial charge < -0.3 is 9.26 Å². The highest BCUT2D eigenvalue weighted by Crippen LogP contribution is 2.23. The second kappa shape index (κ2) is 4.89. The van der Waals surface area contributed by atoms with Gasteiger partial charge in [-0.2, -0.15) is 5.26 Å². The molecule has 0 aliphatic carbocycles. The van der Waals surface area contributed by atoms with Gasteiger partial charge in [0, 0.05) is 17.2 Å². The summed E-state index contributed by atoms with van der Waals surface area (Å²) in [6, 6.07) is 8.67. The summed E-state index contributed by atoms with van der Waals surface area (Å²) in [4.78, 5) is 0. The monoisotopic (exact) mass is 248 g/mol. The molecule has 0 atom stereocenters. The van der Waals surface area contributed by atoms with Gasteiger partial charge in [-0.1, -0.05) is 16.8 Å². The van der Waals surface area contributed by atoms with Crippen molar-refractivity contribution in [2.24, 2.45) is 0 Å². The van der Waals surface area contributed by atoms with Crippen LogP contribution in [0.1, 0.15) is 17.0 Å². The average molecular weight is 249 g/mol. The van der Waals surface area contributed by atoms with Crippen LogP contribution in [0.3, 0.4) is 0 Å². The van der Waals surface area contributed by atoms with E-state index < -0.39 is 0 Å². The number of aromatic nitrogens is 1. The van der Waals surface area contributed by atoms with Crippen molar-refractivity contribution in [1.29, 1.82) is 5.26 Å². The summed E-state index contributed by atoms with van der Waals surface area (Å²) in [7, 11) is 0. The van der Waals surface area contributed by atoms with Crippen molar-refractivity contribution in [2.75, 3.05) is 0 Å². The molecule has 1 aromatic heterocycles. The lowest BCUT2D eigenvalue weighted by Gasteiger charge is -2.05. The average Bonchev–Trinajstić information content (AvgIpc) is 2.73. The summed E-state index contributed by atoms with van der Waals surface area (Å²) in [5, 5.41) is 13.2. The molecule has 0 aliphatic rings. The Bertz CT molecular complexity index is 572. The second-order valence-electron chi connectivity index (χ2n) is 3.48. The highest BCUT2D eigenvalue weighted by Gasteiger charge is 2.06. The quantitative estimate of drug-likeness (QED) is 0.838. The van der Waals surface area contributed by atoms with Crippen molar-refractivity contribution in [2.45, 2.75) is 13.5 Å². The summed E-state index contributed by atoms with van der Waals surface area (Å²) in [6.07, 6.45) is 0. The summed E-state index contributed by atoms with van der Waals surface area (Å²) >= 11 is 5.83. The molecule has 0 amide bonds. The summed E-state index contributed by atoms with van der Waals surface area (Å²) < 4.78 is 10.5. The first kappa shape index (κ1) is 11.5. The molecule has 0 saturated heterocycles. The number of hydrogen-bond acceptors (Lipinski definition) is 4. The van der Waals surface area contributed by atoms with E-state index in [4.69, 9.17) is 26.1 Å². The molecule has 0 spiro atoms. The van der Waals surface area contributed by atoms with Crippen LogP contribution in [0.5, 0.6) is 5.75 Å². The molecule has 2 rings (SSSR count). The number of hydrogen-bond donors (Lipinski definition) is 0. The number of aryl methyl sites for hydroxylation is 1. The molecule has 1 aromatic carbocycles. The van der Waals surface area contributed by atoms with Gasteiger partial charge in [-0.15, -0.1) is 0 Å². The maximum Gasteiger partial charge on any atom is 0.174 e. The van der Waals surface area contributed by atoms with Gasteiger partial charge in [0.2, 0.25) is 0 Å². The molecule has 5 heteroatoms. The molecule has 0 fully saturated rings. The zero-order valence-corrected chi connectivity index (χ0v) is 9.86. The molecule has 1 heterocycles. The molecule has 0 saturated carbocycles. The summed E-state index contributed by atoms with van der Waals surface area (Å²) in [6.45, 7) is 2.04. The molecule has 0 bridgehead atoms. The van der Waals surface area contributed by atoms with Crippen molar-refractivity contribution < 1.29 is 9.26 Å². The Balaban J connectivity index is 2.13. The van der Waals surface area contributed by atoms with Crippen molar-refractivity contribution in [3.05, 3.63) is 46.3 Å². The minimum absolute atomic E-state index is 0.218. The minimum Gasteiger partial charge on any atom is -0.484 e. The van der Waals surface area contributed by atoms with E-state index in [1.165, 1.54) is 0 Å². The molecular weight excluding hydrogens is 240 g/mol. The maximum atomic E-state index is 8.90. The predicted molar refractivity (Wildman–Crippen MR) is 61.7 cm³/mol. The Labute approximate surface area is 103 Å². The van der Waals surface area contributed by atoms with Gasteiger partial charge in [-0.3, -0.25) is 0 Å². The summed E-state index contributed by atoms with van der Waals surface area (Å²) in [5.41, 5.74) is 1.22. The number of nitrogens with zero attached hydrogens (tertiary/aromatic N) is 2. The molecule has 86 valence electrons. The Morgan fingerprint density at radius 2 is 2.29 bits per heavy atom. The van der Waals surface area contributed by atoms with E-state index in [0.717, 1.165) is 5.69 Å². The largest absolute Gasteiger partial charge is 0.484 e. The van der Waals surface area contributed by atoms with Crippen molar-refractivity contribution in [3.63, 3.8) is 0 Å². The first-order valence-corrected chi connectivity index (χ1v) is 5.31. The standard InChI is InChI=1S/C12H9ClN2O2/c1-8-4-11(17-15-8)7-16-12-5-10(13)3-2-9(12)6-14/h2-5H,7H2,1H3. The van der Waals surface area contributed by atoms with Crippen molar-refractivity contribution >= 4 is 11.6 Å². The normalized spacial score (nSPS) is 9.94. The van der Waals surface area contributed by atoms with Crippen molar-refractivity contribution in [1.82, 2.24) is 5.16 Å². The van der Waals surface area contributed by atoms with Crippen LogP contribution in [-0.2, 0) is 6.61 Å². The van der Waals surface area contributed by atoms with E-state index in [1.807, 2.05) is 13.0 Å². The second-order valence-corrected chi connectivity index (χ2v) is 3.91. The van der Waals surface area contributed by atoms with Gasteiger partial charge in [-0.05, 0) is 19.1 Å². The highest BCUT2D eigenvalue weighted by molar-refractivity contribution is 6.30. The van der Waals surface area contributed by atoms with Gasteiger partial charge in [0.1, 0.15) is 18.4 Å². The smallest absolute Gasteiger partial charge is 0.174 e. The highest BCUT2D eigenvalue weighted by atomic mass is 35.5. The number of rotatable bonds is 3. The molecule has 0 N–H and O–H groups in total. The molecule has 2 aromatic rings. The number of benzene rings is 1. The molecule has 4 nitrogen and oxygen atoms in total. The van der Waals surface area contributed by atoms with E-state index in [0.29, 0.717) is 22.1 Å². The first-order chi connectivity index (χ1) is 8.19. The number of ether oxygens (including phenoxy) is 1. The molecular formula is C12H9ClN2O2. The van der Waals surface area contributed by atoms with Crippen LogP contribution >= 0.6 is 11.6 Å². The zero-order chi connectivity index (χ0) is 12.3. The Morgan fingerprint density at radius 1 is 1.47 bits per heavy atom. The van der Waals surface area contributed by atoms with Crippen LogP contribution in [0.15, 0.2) is 28.8 Å². The van der Waals surface area contributed by atoms with E-state index >= 15 is 0 Å². The SMILES string of the molecule is Cc1cc(COc2cc(Cl)ccc2C#N)on1. The number of halogens is 1. The van der Waals surface area contributed by atoms with Crippen molar-refractivity contribution in [3.8, 4) is 11.8 Å². The topological polar surface area (TPSA) is 59.0 Å². The van der Waals surface area contributed by atoms with Gasteiger partial charge in [0.15, 0.2) is 5.76 Å². The first-order valence-electron chi connectivity index (χ1n) is 4.93. The van der Waals surface area contributed by atoms with E-state index in [-0.39, 0.29) is 6.61 Å². The Kier molecular flexibility index (Phi) is 3.31. The van der Waals surface area contributed by atoms with Crippen LogP contribution in [0, 0.1) is 18.3 Å². The lowest BCUT2D eigenvalue weighted by molar-refractivity contribution is 0.248. The third-order valence-corrected chi connectivity index (χ3v) is 2.35. The van der Waals surface area contributed by atoms with Gasteiger partial charge in [0.25, 0.3) is 0 Å². The lowest BCUT2D eigenvalue weighted by Crippen LogP contribution is -1.96. The lowest BCUT2D eigenvalue weighted by atomic mass is 10.2. The van der Waals surface area contributed by atoms with E-state index in [1.54, 1.807) is 24.3 Å². The Hall–Kier alpha value is -1.99. The summed E-state index contributed by atoms with van der Waals surface area (Å²) in [5.74, 6) is 1.04. The van der Waals surface area contributed by atoms with Crippen LogP contribution < -0.4 is 4.74 Å². The van der Waals surface area contributed by atoms with Crippen LogP contribution in [0.4, 0.5) is 0 Å².